The maximum Gasteiger partial charge on any atom is 0.418 e. The number of hydrazine groups is 1. The molecule has 38 heavy (non-hydrogen) atoms. The molecule has 4 aromatic rings. The molecule has 5 rings (SSSR count). The van der Waals surface area contributed by atoms with Gasteiger partial charge in [0.25, 0.3) is 5.91 Å². The minimum atomic E-state index is -4.58. The average molecular weight is 521 g/mol. The first-order valence-corrected chi connectivity index (χ1v) is 11.6. The van der Waals surface area contributed by atoms with Gasteiger partial charge in [-0.05, 0) is 55.8 Å². The lowest BCUT2D eigenvalue weighted by Crippen LogP contribution is -2.38. The van der Waals surface area contributed by atoms with Gasteiger partial charge in [0.1, 0.15) is 6.67 Å². The molecule has 0 saturated heterocycles. The Morgan fingerprint density at radius 1 is 1.08 bits per heavy atom. The number of nitrogens with zero attached hydrogens (tertiary/aromatic N) is 6. The Labute approximate surface area is 216 Å². The molecule has 2 aromatic heterocycles. The minimum Gasteiger partial charge on any atom is -0.371 e. The third kappa shape index (κ3) is 5.01. The molecule has 2 N–H and O–H groups in total. The predicted molar refractivity (Wildman–Crippen MR) is 136 cm³/mol. The van der Waals surface area contributed by atoms with Crippen molar-refractivity contribution in [1.29, 1.82) is 0 Å². The number of hydrogen-bond acceptors (Lipinski definition) is 7. The van der Waals surface area contributed by atoms with Crippen molar-refractivity contribution in [3.05, 3.63) is 102 Å². The summed E-state index contributed by atoms with van der Waals surface area (Å²) in [6, 6.07) is 10.3. The van der Waals surface area contributed by atoms with Crippen LogP contribution in [-0.4, -0.2) is 37.1 Å². The fourth-order valence-electron chi connectivity index (χ4n) is 4.03. The molecule has 0 fully saturated rings. The van der Waals surface area contributed by atoms with Gasteiger partial charge in [0.2, 0.25) is 5.95 Å². The molecule has 12 heteroatoms. The Bertz CT molecular complexity index is 1500. The predicted octanol–water partition coefficient (Wildman–Crippen LogP) is 4.94. The SMILES string of the molecule is Cc1cn(-c2cc(NC(=O)c3ccc(C)c(N(c4ncccn4)N4C=CNC4)c3)ccc2C(F)(F)F)cn1. The maximum absolute atomic E-state index is 13.7. The number of aryl methyl sites for hydroxylation is 2. The third-order valence-electron chi connectivity index (χ3n) is 5.87. The summed E-state index contributed by atoms with van der Waals surface area (Å²) in [6.45, 7) is 4.05. The van der Waals surface area contributed by atoms with E-state index in [4.69, 9.17) is 0 Å². The van der Waals surface area contributed by atoms with Crippen LogP contribution in [0.5, 0.6) is 0 Å². The van der Waals surface area contributed by atoms with Crippen LogP contribution >= 0.6 is 0 Å². The molecule has 0 atom stereocenters. The number of rotatable bonds is 6. The minimum absolute atomic E-state index is 0.138. The number of imidazole rings is 1. The van der Waals surface area contributed by atoms with Crippen LogP contribution in [-0.2, 0) is 6.18 Å². The van der Waals surface area contributed by atoms with Crippen LogP contribution in [0.2, 0.25) is 0 Å². The Balaban J connectivity index is 1.48. The summed E-state index contributed by atoms with van der Waals surface area (Å²) in [5.41, 5.74) is 1.64. The summed E-state index contributed by atoms with van der Waals surface area (Å²) in [4.78, 5) is 26.0. The Morgan fingerprint density at radius 3 is 2.53 bits per heavy atom. The number of amides is 1. The van der Waals surface area contributed by atoms with Gasteiger partial charge < -0.3 is 15.2 Å². The third-order valence-corrected chi connectivity index (χ3v) is 5.87. The molecule has 1 aliphatic heterocycles. The highest BCUT2D eigenvalue weighted by molar-refractivity contribution is 6.05. The van der Waals surface area contributed by atoms with Crippen LogP contribution in [0.4, 0.5) is 30.5 Å². The van der Waals surface area contributed by atoms with Crippen molar-refractivity contribution < 1.29 is 18.0 Å². The zero-order valence-corrected chi connectivity index (χ0v) is 20.4. The number of hydrogen-bond donors (Lipinski definition) is 2. The molecular weight excluding hydrogens is 497 g/mol. The first-order valence-electron chi connectivity index (χ1n) is 11.6. The van der Waals surface area contributed by atoms with Gasteiger partial charge in [-0.1, -0.05) is 6.07 Å². The van der Waals surface area contributed by atoms with Crippen molar-refractivity contribution in [3.8, 4) is 5.69 Å². The Morgan fingerprint density at radius 2 is 1.87 bits per heavy atom. The smallest absolute Gasteiger partial charge is 0.371 e. The van der Waals surface area contributed by atoms with Crippen molar-refractivity contribution >= 4 is 23.2 Å². The van der Waals surface area contributed by atoms with Gasteiger partial charge in [0.15, 0.2) is 0 Å². The standard InChI is InChI=1S/C26H23F3N8O/c1-17-4-5-19(12-22(17)37(36-11-10-30-15-36)25-31-8-3-9-32-25)24(38)34-20-6-7-21(26(27,28)29)23(13-20)35-14-18(2)33-16-35/h3-14,16,30H,15H2,1-2H3,(H,34,38). The first-order chi connectivity index (χ1) is 18.2. The van der Waals surface area contributed by atoms with E-state index >= 15 is 0 Å². The zero-order valence-electron chi connectivity index (χ0n) is 20.4. The fourth-order valence-corrected chi connectivity index (χ4v) is 4.03. The number of benzene rings is 2. The van der Waals surface area contributed by atoms with Crippen molar-refractivity contribution in [2.45, 2.75) is 20.0 Å². The summed E-state index contributed by atoms with van der Waals surface area (Å²) in [7, 11) is 0. The number of nitrogens with one attached hydrogen (secondary N) is 2. The van der Waals surface area contributed by atoms with Crippen LogP contribution < -0.4 is 15.6 Å². The molecule has 0 unspecified atom stereocenters. The molecule has 2 aromatic carbocycles. The second-order valence-electron chi connectivity index (χ2n) is 8.59. The van der Waals surface area contributed by atoms with Crippen molar-refractivity contribution in [1.82, 2.24) is 29.8 Å². The second kappa shape index (κ2) is 9.88. The molecule has 3 heterocycles. The van der Waals surface area contributed by atoms with E-state index < -0.39 is 17.6 Å². The number of aromatic nitrogens is 4. The van der Waals surface area contributed by atoms with Gasteiger partial charge >= 0.3 is 6.18 Å². The molecular formula is C26H23F3N8O. The van der Waals surface area contributed by atoms with E-state index in [1.54, 1.807) is 54.8 Å². The van der Waals surface area contributed by atoms with Crippen LogP contribution in [0.1, 0.15) is 27.2 Å². The van der Waals surface area contributed by atoms with Gasteiger partial charge in [-0.3, -0.25) is 9.80 Å². The van der Waals surface area contributed by atoms with Crippen LogP contribution in [0.15, 0.2) is 79.8 Å². The summed E-state index contributed by atoms with van der Waals surface area (Å²) >= 11 is 0. The summed E-state index contributed by atoms with van der Waals surface area (Å²) < 4.78 is 42.3. The lowest BCUT2D eigenvalue weighted by molar-refractivity contribution is -0.137. The number of carbonyl (C=O) groups is 1. The zero-order chi connectivity index (χ0) is 26.9. The molecule has 0 saturated carbocycles. The second-order valence-corrected chi connectivity index (χ2v) is 8.59. The summed E-state index contributed by atoms with van der Waals surface area (Å²) in [6.07, 6.45) is 5.07. The molecule has 9 nitrogen and oxygen atoms in total. The van der Waals surface area contributed by atoms with E-state index in [9.17, 15) is 18.0 Å². The topological polar surface area (TPSA) is 91.2 Å². The van der Waals surface area contributed by atoms with Crippen LogP contribution in [0.3, 0.4) is 0 Å². The number of carbonyl (C=O) groups excluding carboxylic acids is 1. The highest BCUT2D eigenvalue weighted by Crippen LogP contribution is 2.36. The van der Waals surface area contributed by atoms with Crippen molar-refractivity contribution in [2.75, 3.05) is 17.0 Å². The molecule has 1 aliphatic rings. The Kier molecular flexibility index (Phi) is 6.45. The first kappa shape index (κ1) is 24.8. The number of halogens is 3. The Hall–Kier alpha value is -4.87. The lowest BCUT2D eigenvalue weighted by atomic mass is 10.1. The summed E-state index contributed by atoms with van der Waals surface area (Å²) in [5, 5.41) is 9.45. The van der Waals surface area contributed by atoms with E-state index in [2.05, 4.69) is 25.6 Å². The van der Waals surface area contributed by atoms with Crippen LogP contribution in [0, 0.1) is 13.8 Å². The highest BCUT2D eigenvalue weighted by atomic mass is 19.4. The largest absolute Gasteiger partial charge is 0.418 e. The van der Waals surface area contributed by atoms with E-state index in [1.165, 1.54) is 29.2 Å². The van der Waals surface area contributed by atoms with Crippen molar-refractivity contribution in [3.63, 3.8) is 0 Å². The molecule has 0 radical (unpaired) electrons. The summed E-state index contributed by atoms with van der Waals surface area (Å²) in [5.74, 6) is -0.0766. The number of alkyl halides is 3. The maximum atomic E-state index is 13.7. The monoisotopic (exact) mass is 520 g/mol. The van der Waals surface area contributed by atoms with E-state index in [0.717, 1.165) is 11.6 Å². The molecule has 0 spiro atoms. The van der Waals surface area contributed by atoms with Gasteiger partial charge in [-0.15, -0.1) is 0 Å². The van der Waals surface area contributed by atoms with E-state index in [-0.39, 0.29) is 11.4 Å². The quantitative estimate of drug-likeness (QED) is 0.372. The molecule has 0 bridgehead atoms. The lowest BCUT2D eigenvalue weighted by Gasteiger charge is -2.32. The molecule has 1 amide bonds. The van der Waals surface area contributed by atoms with Gasteiger partial charge in [0, 0.05) is 42.2 Å². The molecule has 0 aliphatic carbocycles. The van der Waals surface area contributed by atoms with Crippen LogP contribution in [0.25, 0.3) is 5.69 Å². The highest BCUT2D eigenvalue weighted by Gasteiger charge is 2.34. The molecule has 194 valence electrons. The van der Waals surface area contributed by atoms with Gasteiger partial charge in [0.05, 0.1) is 29.0 Å². The number of anilines is 3. The van der Waals surface area contributed by atoms with Gasteiger partial charge in [-0.25, -0.2) is 20.0 Å². The van der Waals surface area contributed by atoms with Gasteiger partial charge in [-0.2, -0.15) is 13.2 Å². The fraction of sp³-hybridized carbons (Fsp3) is 0.154. The van der Waals surface area contributed by atoms with E-state index in [0.29, 0.717) is 29.6 Å². The normalized spacial score (nSPS) is 12.9. The van der Waals surface area contributed by atoms with E-state index in [1.807, 2.05) is 18.1 Å². The average Bonchev–Trinajstić information content (AvgIpc) is 3.57. The van der Waals surface area contributed by atoms with Crippen molar-refractivity contribution in [2.24, 2.45) is 0 Å².